The molecule has 0 bridgehead atoms. The molecule has 1 saturated carbocycles. The maximum absolute atomic E-state index is 12.9. The molecule has 29 heavy (non-hydrogen) atoms. The molecular formula is C23H23ClN2O2S. The molecule has 0 spiro atoms. The lowest BCUT2D eigenvalue weighted by Crippen LogP contribution is -2.37. The number of amides is 1. The third-order valence-electron chi connectivity index (χ3n) is 5.31. The second kappa shape index (κ2) is 9.06. The van der Waals surface area contributed by atoms with E-state index in [4.69, 9.17) is 11.6 Å². The van der Waals surface area contributed by atoms with E-state index in [0.717, 1.165) is 34.9 Å². The van der Waals surface area contributed by atoms with E-state index in [0.29, 0.717) is 9.92 Å². The van der Waals surface area contributed by atoms with E-state index in [9.17, 15) is 9.59 Å². The zero-order chi connectivity index (χ0) is 20.2. The Kier molecular flexibility index (Phi) is 6.26. The number of rotatable bonds is 5. The predicted molar refractivity (Wildman–Crippen MR) is 121 cm³/mol. The molecule has 1 aliphatic carbocycles. The highest BCUT2D eigenvalue weighted by molar-refractivity contribution is 8.00. The molecule has 1 aliphatic rings. The Morgan fingerprint density at radius 3 is 2.62 bits per heavy atom. The summed E-state index contributed by atoms with van der Waals surface area (Å²) >= 11 is 7.53. The van der Waals surface area contributed by atoms with E-state index >= 15 is 0 Å². The summed E-state index contributed by atoms with van der Waals surface area (Å²) in [6.45, 7) is 0. The fourth-order valence-electron chi connectivity index (χ4n) is 3.93. The fourth-order valence-corrected chi connectivity index (χ4v) is 5.02. The van der Waals surface area contributed by atoms with Gasteiger partial charge in [0.1, 0.15) is 0 Å². The van der Waals surface area contributed by atoms with E-state index < -0.39 is 0 Å². The zero-order valence-electron chi connectivity index (χ0n) is 16.0. The van der Waals surface area contributed by atoms with Crippen LogP contribution in [0.15, 0.2) is 58.2 Å². The average Bonchev–Trinajstić information content (AvgIpc) is 2.73. The molecule has 6 heteroatoms. The maximum atomic E-state index is 12.9. The number of hydrogen-bond acceptors (Lipinski definition) is 3. The molecule has 0 aliphatic heterocycles. The lowest BCUT2D eigenvalue weighted by molar-refractivity contribution is -0.119. The van der Waals surface area contributed by atoms with E-state index in [1.54, 1.807) is 6.07 Å². The molecule has 3 aromatic rings. The van der Waals surface area contributed by atoms with Crippen molar-refractivity contribution in [1.29, 1.82) is 0 Å². The minimum Gasteiger partial charge on any atom is -0.353 e. The summed E-state index contributed by atoms with van der Waals surface area (Å²) in [5.74, 6) is 0.192. The number of pyridine rings is 1. The lowest BCUT2D eigenvalue weighted by atomic mass is 9.95. The maximum Gasteiger partial charge on any atom is 0.262 e. The first-order valence-electron chi connectivity index (χ1n) is 9.95. The molecule has 1 aromatic heterocycles. The van der Waals surface area contributed by atoms with Gasteiger partial charge in [-0.2, -0.15) is 0 Å². The Morgan fingerprint density at radius 2 is 1.86 bits per heavy atom. The van der Waals surface area contributed by atoms with Crippen LogP contribution in [0.3, 0.4) is 0 Å². The lowest BCUT2D eigenvalue weighted by Gasteiger charge is -2.22. The quantitative estimate of drug-likeness (QED) is 0.537. The highest BCUT2D eigenvalue weighted by atomic mass is 35.5. The van der Waals surface area contributed by atoms with Crippen molar-refractivity contribution in [2.45, 2.75) is 43.0 Å². The highest BCUT2D eigenvalue weighted by Crippen LogP contribution is 2.35. The minimum absolute atomic E-state index is 0.0218. The van der Waals surface area contributed by atoms with Crippen molar-refractivity contribution < 1.29 is 4.79 Å². The number of thioether (sulfide) groups is 1. The van der Waals surface area contributed by atoms with Gasteiger partial charge < -0.3 is 10.3 Å². The molecule has 2 N–H and O–H groups in total. The normalized spacial score (nSPS) is 14.8. The number of H-pyrrole nitrogens is 1. The van der Waals surface area contributed by atoms with Crippen molar-refractivity contribution in [3.8, 4) is 11.1 Å². The summed E-state index contributed by atoms with van der Waals surface area (Å²) in [5, 5.41) is 4.60. The molecular weight excluding hydrogens is 404 g/mol. The number of hydrogen-bond donors (Lipinski definition) is 2. The molecule has 1 fully saturated rings. The van der Waals surface area contributed by atoms with Crippen molar-refractivity contribution >= 4 is 40.2 Å². The molecule has 1 amide bonds. The second-order valence-electron chi connectivity index (χ2n) is 7.41. The molecule has 0 atom stereocenters. The number of nitrogens with one attached hydrogen (secondary N) is 2. The number of aromatic amines is 1. The molecule has 2 aromatic carbocycles. The molecule has 150 valence electrons. The first kappa shape index (κ1) is 20.0. The van der Waals surface area contributed by atoms with Crippen LogP contribution < -0.4 is 10.9 Å². The summed E-state index contributed by atoms with van der Waals surface area (Å²) in [6, 6.07) is 15.5. The van der Waals surface area contributed by atoms with Crippen LogP contribution >= 0.6 is 23.4 Å². The summed E-state index contributed by atoms with van der Waals surface area (Å²) in [6.07, 6.45) is 5.67. The van der Waals surface area contributed by atoms with Gasteiger partial charge in [0.15, 0.2) is 0 Å². The third kappa shape index (κ3) is 4.68. The number of fused-ring (bicyclic) bond motifs is 1. The van der Waals surface area contributed by atoms with Crippen LogP contribution in [0.2, 0.25) is 5.02 Å². The van der Waals surface area contributed by atoms with Gasteiger partial charge in [0.05, 0.1) is 10.6 Å². The van der Waals surface area contributed by atoms with E-state index in [1.165, 1.54) is 31.0 Å². The van der Waals surface area contributed by atoms with Gasteiger partial charge in [0, 0.05) is 27.5 Å². The Balaban J connectivity index is 1.67. The van der Waals surface area contributed by atoms with Crippen molar-refractivity contribution in [3.63, 3.8) is 0 Å². The van der Waals surface area contributed by atoms with E-state index in [1.807, 2.05) is 42.5 Å². The third-order valence-corrected chi connectivity index (χ3v) is 6.63. The summed E-state index contributed by atoms with van der Waals surface area (Å²) in [7, 11) is 0. The molecule has 0 unspecified atom stereocenters. The van der Waals surface area contributed by atoms with Crippen LogP contribution in [-0.4, -0.2) is 22.7 Å². The van der Waals surface area contributed by atoms with Crippen molar-refractivity contribution in [2.24, 2.45) is 0 Å². The largest absolute Gasteiger partial charge is 0.353 e. The molecule has 0 radical (unpaired) electrons. The zero-order valence-corrected chi connectivity index (χ0v) is 17.6. The SMILES string of the molecule is O=C(CSc1c(-c2ccccc2)c2cc(Cl)ccc2[nH]c1=O)NC1CCCCC1. The van der Waals surface area contributed by atoms with Gasteiger partial charge in [-0.25, -0.2) is 0 Å². The van der Waals surface area contributed by atoms with Crippen molar-refractivity contribution in [1.82, 2.24) is 10.3 Å². The monoisotopic (exact) mass is 426 g/mol. The Bertz CT molecular complexity index is 1080. The van der Waals surface area contributed by atoms with Gasteiger partial charge in [0.25, 0.3) is 5.56 Å². The first-order valence-corrected chi connectivity index (χ1v) is 11.3. The number of carbonyl (C=O) groups excluding carboxylic acids is 1. The molecule has 4 rings (SSSR count). The van der Waals surface area contributed by atoms with Crippen LogP contribution in [0.25, 0.3) is 22.0 Å². The van der Waals surface area contributed by atoms with Crippen LogP contribution in [0.5, 0.6) is 0 Å². The van der Waals surface area contributed by atoms with Crippen LogP contribution in [-0.2, 0) is 4.79 Å². The van der Waals surface area contributed by atoms with Crippen LogP contribution in [0.4, 0.5) is 0 Å². The van der Waals surface area contributed by atoms with E-state index in [-0.39, 0.29) is 23.3 Å². The molecule has 1 heterocycles. The second-order valence-corrected chi connectivity index (χ2v) is 8.83. The fraction of sp³-hybridized carbons (Fsp3) is 0.304. The number of carbonyl (C=O) groups is 1. The van der Waals surface area contributed by atoms with Crippen molar-refractivity contribution in [3.05, 3.63) is 63.9 Å². The number of halogens is 1. The Morgan fingerprint density at radius 1 is 1.10 bits per heavy atom. The average molecular weight is 427 g/mol. The summed E-state index contributed by atoms with van der Waals surface area (Å²) < 4.78 is 0. The van der Waals surface area contributed by atoms with Crippen molar-refractivity contribution in [2.75, 3.05) is 5.75 Å². The van der Waals surface area contributed by atoms with Gasteiger partial charge in [-0.05, 0) is 36.6 Å². The van der Waals surface area contributed by atoms with Gasteiger partial charge in [-0.15, -0.1) is 11.8 Å². The van der Waals surface area contributed by atoms with Crippen LogP contribution in [0.1, 0.15) is 32.1 Å². The minimum atomic E-state index is -0.186. The smallest absolute Gasteiger partial charge is 0.262 e. The number of aromatic nitrogens is 1. The van der Waals surface area contributed by atoms with Gasteiger partial charge in [-0.3, -0.25) is 9.59 Å². The molecule has 4 nitrogen and oxygen atoms in total. The first-order chi connectivity index (χ1) is 14.1. The summed E-state index contributed by atoms with van der Waals surface area (Å²) in [4.78, 5) is 28.8. The predicted octanol–water partition coefficient (Wildman–Crippen LogP) is 5.39. The Labute approximate surface area is 179 Å². The molecule has 0 saturated heterocycles. The highest BCUT2D eigenvalue weighted by Gasteiger charge is 2.19. The standard InChI is InChI=1S/C23H23ClN2O2S/c24-16-11-12-19-18(13-16)21(15-7-3-1-4-8-15)22(23(28)26-19)29-14-20(27)25-17-9-5-2-6-10-17/h1,3-4,7-8,11-13,17H,2,5-6,9-10,14H2,(H,25,27)(H,26,28). The topological polar surface area (TPSA) is 62.0 Å². The Hall–Kier alpha value is -2.24. The van der Waals surface area contributed by atoms with E-state index in [2.05, 4.69) is 10.3 Å². The van der Waals surface area contributed by atoms with Crippen LogP contribution in [0, 0.1) is 0 Å². The number of benzene rings is 2. The van der Waals surface area contributed by atoms with Gasteiger partial charge >= 0.3 is 0 Å². The summed E-state index contributed by atoms with van der Waals surface area (Å²) in [5.41, 5.74) is 2.30. The van der Waals surface area contributed by atoms with Gasteiger partial charge in [0.2, 0.25) is 5.91 Å². The van der Waals surface area contributed by atoms with Gasteiger partial charge in [-0.1, -0.05) is 61.2 Å².